The fraction of sp³-hybridized carbons (Fsp3) is 0.611. The molecule has 0 unspecified atom stereocenters. The van der Waals surface area contributed by atoms with Crippen molar-refractivity contribution in [3.8, 4) is 0 Å². The Hall–Kier alpha value is -1.82. The minimum atomic E-state index is -0.584. The van der Waals surface area contributed by atoms with Gasteiger partial charge >= 0.3 is 0 Å². The van der Waals surface area contributed by atoms with Crippen LogP contribution in [0.2, 0.25) is 0 Å². The van der Waals surface area contributed by atoms with E-state index in [1.807, 2.05) is 6.92 Å². The lowest BCUT2D eigenvalue weighted by atomic mass is 10.3. The third kappa shape index (κ3) is 6.66. The zero-order valence-corrected chi connectivity index (χ0v) is 18.5. The van der Waals surface area contributed by atoms with Gasteiger partial charge in [0.2, 0.25) is 5.91 Å². The third-order valence-corrected chi connectivity index (χ3v) is 4.61. The van der Waals surface area contributed by atoms with Gasteiger partial charge in [0, 0.05) is 38.8 Å². The van der Waals surface area contributed by atoms with Crippen LogP contribution >= 0.6 is 24.0 Å². The smallest absolute Gasteiger partial charge is 0.284 e. The number of furan rings is 1. The first kappa shape index (κ1) is 22.5. The lowest BCUT2D eigenvalue weighted by Gasteiger charge is -2.36. The second kappa shape index (κ2) is 10.6. The summed E-state index contributed by atoms with van der Waals surface area (Å²) in [6.07, 6.45) is 2.22. The van der Waals surface area contributed by atoms with Crippen molar-refractivity contribution in [2.24, 2.45) is 10.7 Å². The Morgan fingerprint density at radius 1 is 1.25 bits per heavy atom. The molecule has 0 aromatic carbocycles. The molecular weight excluding hydrogens is 475 g/mol. The van der Waals surface area contributed by atoms with Crippen LogP contribution < -0.4 is 16.4 Å². The van der Waals surface area contributed by atoms with E-state index in [1.54, 1.807) is 12.1 Å². The molecule has 10 heteroatoms. The van der Waals surface area contributed by atoms with Crippen molar-refractivity contribution >= 4 is 41.8 Å². The number of amides is 2. The summed E-state index contributed by atoms with van der Waals surface area (Å²) in [7, 11) is 0. The van der Waals surface area contributed by atoms with Gasteiger partial charge in [0.25, 0.3) is 5.91 Å². The van der Waals surface area contributed by atoms with E-state index in [9.17, 15) is 9.59 Å². The van der Waals surface area contributed by atoms with Gasteiger partial charge in [0.15, 0.2) is 11.7 Å². The number of rotatable bonds is 7. The van der Waals surface area contributed by atoms with Gasteiger partial charge < -0.3 is 25.7 Å². The van der Waals surface area contributed by atoms with E-state index in [1.165, 1.54) is 0 Å². The van der Waals surface area contributed by atoms with E-state index in [0.717, 1.165) is 51.5 Å². The summed E-state index contributed by atoms with van der Waals surface area (Å²) in [5.74, 6) is 1.07. The van der Waals surface area contributed by atoms with Gasteiger partial charge in [-0.25, -0.2) is 4.99 Å². The van der Waals surface area contributed by atoms with Crippen LogP contribution in [0.25, 0.3) is 0 Å². The maximum absolute atomic E-state index is 11.9. The molecule has 0 radical (unpaired) electrons. The monoisotopic (exact) mass is 504 g/mol. The molecule has 4 N–H and O–H groups in total. The Bertz CT molecular complexity index is 695. The average molecular weight is 504 g/mol. The molecule has 1 aromatic heterocycles. The molecule has 2 aliphatic rings. The van der Waals surface area contributed by atoms with Crippen molar-refractivity contribution in [3.63, 3.8) is 0 Å². The summed E-state index contributed by atoms with van der Waals surface area (Å²) >= 11 is 0. The molecule has 28 heavy (non-hydrogen) atoms. The molecule has 156 valence electrons. The van der Waals surface area contributed by atoms with Crippen LogP contribution in [0.4, 0.5) is 0 Å². The molecule has 1 aromatic rings. The maximum atomic E-state index is 11.9. The molecule has 0 spiro atoms. The molecule has 2 heterocycles. The SMILES string of the molecule is CCNC(=NCc1ccc(C(N)=O)o1)N1CCN(CC(=O)NC2CC2)CC1.I. The second-order valence-corrected chi connectivity index (χ2v) is 6.91. The van der Waals surface area contributed by atoms with Crippen LogP contribution in [-0.2, 0) is 11.3 Å². The number of hydrogen-bond acceptors (Lipinski definition) is 5. The lowest BCUT2D eigenvalue weighted by Crippen LogP contribution is -2.54. The summed E-state index contributed by atoms with van der Waals surface area (Å²) in [6, 6.07) is 3.68. The molecule has 1 aliphatic carbocycles. The number of carbonyl (C=O) groups excluding carboxylic acids is 2. The molecule has 1 saturated carbocycles. The fourth-order valence-corrected chi connectivity index (χ4v) is 3.00. The zero-order valence-electron chi connectivity index (χ0n) is 16.1. The van der Waals surface area contributed by atoms with Crippen LogP contribution in [0.15, 0.2) is 21.5 Å². The number of carbonyl (C=O) groups is 2. The highest BCUT2D eigenvalue weighted by Gasteiger charge is 2.25. The van der Waals surface area contributed by atoms with Gasteiger partial charge in [0.05, 0.1) is 6.54 Å². The standard InChI is InChI=1S/C18H28N6O3.HI/c1-2-20-18(21-11-14-5-6-15(27-14)17(19)26)24-9-7-23(8-10-24)12-16(25)22-13-3-4-13;/h5-6,13H,2-4,7-12H2,1H3,(H2,19,26)(H,20,21)(H,22,25);1H. The summed E-state index contributed by atoms with van der Waals surface area (Å²) < 4.78 is 5.38. The van der Waals surface area contributed by atoms with Crippen molar-refractivity contribution in [1.82, 2.24) is 20.4 Å². The molecule has 1 aliphatic heterocycles. The van der Waals surface area contributed by atoms with Crippen LogP contribution in [-0.4, -0.2) is 72.9 Å². The number of nitrogens with one attached hydrogen (secondary N) is 2. The summed E-state index contributed by atoms with van der Waals surface area (Å²) in [5.41, 5.74) is 5.20. The molecule has 2 amide bonds. The summed E-state index contributed by atoms with van der Waals surface area (Å²) in [5, 5.41) is 6.32. The molecule has 1 saturated heterocycles. The van der Waals surface area contributed by atoms with E-state index >= 15 is 0 Å². The minimum absolute atomic E-state index is 0. The quantitative estimate of drug-likeness (QED) is 0.281. The van der Waals surface area contributed by atoms with E-state index < -0.39 is 5.91 Å². The number of primary amides is 1. The normalized spacial score (nSPS) is 17.8. The number of hydrogen-bond donors (Lipinski definition) is 3. The first-order valence-electron chi connectivity index (χ1n) is 9.48. The van der Waals surface area contributed by atoms with Gasteiger partial charge in [-0.1, -0.05) is 0 Å². The number of piperazine rings is 1. The van der Waals surface area contributed by atoms with Crippen LogP contribution in [0.3, 0.4) is 0 Å². The topological polar surface area (TPSA) is 116 Å². The number of aliphatic imine (C=N–C) groups is 1. The fourth-order valence-electron chi connectivity index (χ4n) is 3.00. The van der Waals surface area contributed by atoms with Crippen molar-refractivity contribution in [2.45, 2.75) is 32.4 Å². The van der Waals surface area contributed by atoms with Crippen LogP contribution in [0, 0.1) is 0 Å². The predicted molar refractivity (Wildman–Crippen MR) is 117 cm³/mol. The lowest BCUT2D eigenvalue weighted by molar-refractivity contribution is -0.122. The van der Waals surface area contributed by atoms with E-state index in [0.29, 0.717) is 24.9 Å². The predicted octanol–water partition coefficient (Wildman–Crippen LogP) is 0.358. The molecule has 3 rings (SSSR count). The Kier molecular flexibility index (Phi) is 8.55. The first-order chi connectivity index (χ1) is 13.0. The highest BCUT2D eigenvalue weighted by atomic mass is 127. The summed E-state index contributed by atoms with van der Waals surface area (Å²) in [6.45, 7) is 6.80. The van der Waals surface area contributed by atoms with Crippen molar-refractivity contribution in [1.29, 1.82) is 0 Å². The number of nitrogens with two attached hydrogens (primary N) is 1. The number of halogens is 1. The highest BCUT2D eigenvalue weighted by molar-refractivity contribution is 14.0. The van der Waals surface area contributed by atoms with Crippen molar-refractivity contribution < 1.29 is 14.0 Å². The van der Waals surface area contributed by atoms with Gasteiger partial charge in [0.1, 0.15) is 12.3 Å². The van der Waals surface area contributed by atoms with E-state index in [-0.39, 0.29) is 35.6 Å². The van der Waals surface area contributed by atoms with Gasteiger partial charge in [-0.05, 0) is 31.9 Å². The third-order valence-electron chi connectivity index (χ3n) is 4.61. The molecule has 0 bridgehead atoms. The van der Waals surface area contributed by atoms with Crippen LogP contribution in [0.1, 0.15) is 36.1 Å². The van der Waals surface area contributed by atoms with E-state index in [4.69, 9.17) is 10.2 Å². The molecule has 9 nitrogen and oxygen atoms in total. The minimum Gasteiger partial charge on any atom is -0.454 e. The average Bonchev–Trinajstić information content (AvgIpc) is 3.32. The highest BCUT2D eigenvalue weighted by Crippen LogP contribution is 2.18. The van der Waals surface area contributed by atoms with Crippen LogP contribution in [0.5, 0.6) is 0 Å². The van der Waals surface area contributed by atoms with Crippen molar-refractivity contribution in [3.05, 3.63) is 23.7 Å². The number of guanidine groups is 1. The van der Waals surface area contributed by atoms with Gasteiger partial charge in [-0.3, -0.25) is 14.5 Å². The Morgan fingerprint density at radius 2 is 1.96 bits per heavy atom. The largest absolute Gasteiger partial charge is 0.454 e. The second-order valence-electron chi connectivity index (χ2n) is 6.91. The summed E-state index contributed by atoms with van der Waals surface area (Å²) in [4.78, 5) is 32.0. The Labute approximate surface area is 182 Å². The maximum Gasteiger partial charge on any atom is 0.284 e. The molecule has 0 atom stereocenters. The zero-order chi connectivity index (χ0) is 19.2. The molecular formula is C18H29IN6O3. The van der Waals surface area contributed by atoms with Gasteiger partial charge in [-0.2, -0.15) is 0 Å². The Morgan fingerprint density at radius 3 is 2.54 bits per heavy atom. The molecule has 2 fully saturated rings. The van der Waals surface area contributed by atoms with E-state index in [2.05, 4.69) is 25.4 Å². The van der Waals surface area contributed by atoms with Crippen molar-refractivity contribution in [2.75, 3.05) is 39.3 Å². The first-order valence-corrected chi connectivity index (χ1v) is 9.48. The Balaban J connectivity index is 0.00000280. The van der Waals surface area contributed by atoms with Gasteiger partial charge in [-0.15, -0.1) is 24.0 Å². The number of nitrogens with zero attached hydrogens (tertiary/aromatic N) is 3.